The van der Waals surface area contributed by atoms with E-state index in [0.717, 1.165) is 73.1 Å². The van der Waals surface area contributed by atoms with Crippen molar-refractivity contribution in [3.63, 3.8) is 0 Å². The summed E-state index contributed by atoms with van der Waals surface area (Å²) in [5, 5.41) is 20.7. The van der Waals surface area contributed by atoms with Crippen LogP contribution in [-0.4, -0.2) is 73.9 Å². The molecule has 1 aromatic carbocycles. The van der Waals surface area contributed by atoms with E-state index < -0.39 is 11.0 Å². The molecule has 3 aromatic rings. The van der Waals surface area contributed by atoms with Crippen molar-refractivity contribution in [2.24, 2.45) is 0 Å². The molecule has 2 aromatic heterocycles. The van der Waals surface area contributed by atoms with Gasteiger partial charge >= 0.3 is 0 Å². The number of rotatable bonds is 7. The van der Waals surface area contributed by atoms with Crippen molar-refractivity contribution in [2.75, 3.05) is 39.6 Å². The average molecular weight is 537 g/mol. The first kappa shape index (κ1) is 27.7. The summed E-state index contributed by atoms with van der Waals surface area (Å²) in [6, 6.07) is 8.51. The lowest BCUT2D eigenvalue weighted by Gasteiger charge is -2.33. The number of anilines is 2. The lowest BCUT2D eigenvalue weighted by Crippen LogP contribution is -2.42. The van der Waals surface area contributed by atoms with Crippen LogP contribution in [0.3, 0.4) is 0 Å². The zero-order valence-electron chi connectivity index (χ0n) is 22.7. The van der Waals surface area contributed by atoms with E-state index in [0.29, 0.717) is 28.6 Å². The highest BCUT2D eigenvalue weighted by atomic mass is 32.2. The first-order valence-electron chi connectivity index (χ1n) is 13.1. The Morgan fingerprint density at radius 1 is 1.21 bits per heavy atom. The summed E-state index contributed by atoms with van der Waals surface area (Å²) >= 11 is 0. The van der Waals surface area contributed by atoms with Gasteiger partial charge in [-0.3, -0.25) is 0 Å². The molecule has 202 valence electrons. The maximum Gasteiger partial charge on any atom is 0.247 e. The number of hydrogen-bond acceptors (Lipinski definition) is 8. The predicted octanol–water partition coefficient (Wildman–Crippen LogP) is 4.05. The van der Waals surface area contributed by atoms with Gasteiger partial charge in [-0.1, -0.05) is 13.8 Å². The summed E-state index contributed by atoms with van der Waals surface area (Å²) in [6.45, 7) is 5.49. The molecular weight excluding hydrogens is 500 g/mol. The van der Waals surface area contributed by atoms with E-state index in [2.05, 4.69) is 50.5 Å². The minimum atomic E-state index is -1.41. The fraction of sp³-hybridized carbons (Fsp3) is 0.481. The van der Waals surface area contributed by atoms with Gasteiger partial charge in [-0.2, -0.15) is 10.2 Å². The van der Waals surface area contributed by atoms with E-state index >= 15 is 0 Å². The molecule has 1 aliphatic carbocycles. The molecule has 0 amide bonds. The summed E-state index contributed by atoms with van der Waals surface area (Å²) in [7, 11) is 4.34. The summed E-state index contributed by atoms with van der Waals surface area (Å²) in [6.07, 6.45) is 6.31. The SMILES string of the molecule is CC.COc1cc(-c2cc(C#N)c3c(c2Nc2n[nH]c(S(=O)N4CCC(N(C)C)CC4)n2)CCC3)ccn1. The highest BCUT2D eigenvalue weighted by molar-refractivity contribution is 7.82. The molecule has 1 unspecified atom stereocenters. The monoisotopic (exact) mass is 536 g/mol. The van der Waals surface area contributed by atoms with E-state index in [-0.39, 0.29) is 0 Å². The van der Waals surface area contributed by atoms with Gasteiger partial charge < -0.3 is 15.0 Å². The average Bonchev–Trinajstić information content (AvgIpc) is 3.64. The lowest BCUT2D eigenvalue weighted by molar-refractivity contribution is 0.200. The molecule has 0 bridgehead atoms. The Kier molecular flexibility index (Phi) is 9.09. The van der Waals surface area contributed by atoms with E-state index in [1.807, 2.05) is 36.4 Å². The molecule has 2 N–H and O–H groups in total. The zero-order valence-corrected chi connectivity index (χ0v) is 23.6. The minimum Gasteiger partial charge on any atom is -0.481 e. The number of methoxy groups -OCH3 is 1. The maximum absolute atomic E-state index is 13.2. The molecule has 11 heteroatoms. The van der Waals surface area contributed by atoms with Gasteiger partial charge in [-0.25, -0.2) is 18.6 Å². The Morgan fingerprint density at radius 2 is 1.95 bits per heavy atom. The topological polar surface area (TPSA) is 123 Å². The molecule has 0 saturated carbocycles. The Labute approximate surface area is 227 Å². The number of pyridine rings is 1. The van der Waals surface area contributed by atoms with Gasteiger partial charge in [0.15, 0.2) is 11.0 Å². The standard InChI is InChI=1S/C25H30N8O2S.C2H6/c1-32(2)18-8-11-33(12-9-18)36(34)25-29-24(30-31-25)28-23-20-6-4-5-19(20)17(15-26)13-21(23)16-7-10-27-22(14-16)35-3;1-2/h7,10,13-14,18H,4-6,8-9,11-12H2,1-3H3,(H2,28,29,30,31);1-2H3. The fourth-order valence-electron chi connectivity index (χ4n) is 5.08. The van der Waals surface area contributed by atoms with Gasteiger partial charge in [0.1, 0.15) is 0 Å². The van der Waals surface area contributed by atoms with E-state index in [4.69, 9.17) is 4.74 Å². The van der Waals surface area contributed by atoms with Crippen LogP contribution in [0.5, 0.6) is 5.88 Å². The molecule has 3 heterocycles. The van der Waals surface area contributed by atoms with Crippen LogP contribution in [0.25, 0.3) is 11.1 Å². The normalized spacial score (nSPS) is 16.3. The third kappa shape index (κ3) is 5.72. The van der Waals surface area contributed by atoms with Crippen LogP contribution in [0.1, 0.15) is 49.8 Å². The van der Waals surface area contributed by atoms with Crippen LogP contribution < -0.4 is 10.1 Å². The number of ether oxygens (including phenoxy) is 1. The molecule has 1 saturated heterocycles. The number of aromatic nitrogens is 4. The van der Waals surface area contributed by atoms with E-state index in [9.17, 15) is 9.47 Å². The maximum atomic E-state index is 13.2. The molecule has 1 aliphatic heterocycles. The van der Waals surface area contributed by atoms with Crippen molar-refractivity contribution in [1.29, 1.82) is 5.26 Å². The first-order valence-corrected chi connectivity index (χ1v) is 14.2. The van der Waals surface area contributed by atoms with Gasteiger partial charge in [0.05, 0.1) is 24.4 Å². The van der Waals surface area contributed by atoms with Crippen LogP contribution in [0.4, 0.5) is 11.6 Å². The van der Waals surface area contributed by atoms with Crippen molar-refractivity contribution in [2.45, 2.75) is 57.1 Å². The smallest absolute Gasteiger partial charge is 0.247 e. The van der Waals surface area contributed by atoms with Crippen LogP contribution in [0.15, 0.2) is 29.6 Å². The largest absolute Gasteiger partial charge is 0.481 e. The number of nitrogens with zero attached hydrogens (tertiary/aromatic N) is 6. The highest BCUT2D eigenvalue weighted by Crippen LogP contribution is 2.41. The minimum absolute atomic E-state index is 0.332. The molecule has 38 heavy (non-hydrogen) atoms. The lowest BCUT2D eigenvalue weighted by atomic mass is 9.94. The second kappa shape index (κ2) is 12.5. The van der Waals surface area contributed by atoms with Crippen molar-refractivity contribution in [3.05, 3.63) is 41.1 Å². The van der Waals surface area contributed by atoms with Crippen molar-refractivity contribution in [1.82, 2.24) is 29.4 Å². The van der Waals surface area contributed by atoms with Crippen molar-refractivity contribution < 1.29 is 8.95 Å². The van der Waals surface area contributed by atoms with Crippen LogP contribution in [0.2, 0.25) is 0 Å². The summed E-state index contributed by atoms with van der Waals surface area (Å²) in [5.41, 5.74) is 5.42. The third-order valence-electron chi connectivity index (χ3n) is 7.03. The number of piperidine rings is 1. The number of nitriles is 1. The molecule has 5 rings (SSSR count). The number of hydrogen-bond donors (Lipinski definition) is 2. The molecule has 2 aliphatic rings. The van der Waals surface area contributed by atoms with Gasteiger partial charge in [-0.05, 0) is 75.0 Å². The van der Waals surface area contributed by atoms with Crippen LogP contribution in [0, 0.1) is 11.3 Å². The Bertz CT molecular complexity index is 1330. The molecular formula is C27H36N8O2S. The molecule has 0 spiro atoms. The second-order valence-electron chi connectivity index (χ2n) is 9.32. The Hall–Kier alpha value is -3.33. The second-order valence-corrected chi connectivity index (χ2v) is 10.7. The molecule has 10 nitrogen and oxygen atoms in total. The summed E-state index contributed by atoms with van der Waals surface area (Å²) in [4.78, 5) is 11.0. The molecule has 1 fully saturated rings. The Morgan fingerprint density at radius 3 is 2.63 bits per heavy atom. The zero-order chi connectivity index (χ0) is 27.2. The van der Waals surface area contributed by atoms with Crippen LogP contribution >= 0.6 is 0 Å². The molecule has 1 atom stereocenters. The van der Waals surface area contributed by atoms with Crippen LogP contribution in [-0.2, 0) is 23.8 Å². The number of fused-ring (bicyclic) bond motifs is 1. The quantitative estimate of drug-likeness (QED) is 0.464. The number of nitrogens with one attached hydrogen (secondary N) is 2. The van der Waals surface area contributed by atoms with Gasteiger partial charge in [0, 0.05) is 37.0 Å². The predicted molar refractivity (Wildman–Crippen MR) is 149 cm³/mol. The molecule has 0 radical (unpaired) electrons. The third-order valence-corrected chi connectivity index (χ3v) is 8.38. The first-order chi connectivity index (χ1) is 18.5. The fourth-order valence-corrected chi connectivity index (χ4v) is 6.16. The van der Waals surface area contributed by atoms with E-state index in [1.165, 1.54) is 0 Å². The number of H-pyrrole nitrogens is 1. The summed E-state index contributed by atoms with van der Waals surface area (Å²) in [5.74, 6) is 0.841. The van der Waals surface area contributed by atoms with E-state index in [1.54, 1.807) is 13.3 Å². The Balaban J connectivity index is 0.00000164. The van der Waals surface area contributed by atoms with Gasteiger partial charge in [0.25, 0.3) is 0 Å². The van der Waals surface area contributed by atoms with Crippen molar-refractivity contribution in [3.8, 4) is 23.1 Å². The van der Waals surface area contributed by atoms with Crippen molar-refractivity contribution >= 4 is 22.6 Å². The number of benzene rings is 1. The highest BCUT2D eigenvalue weighted by Gasteiger charge is 2.28. The van der Waals surface area contributed by atoms with Gasteiger partial charge in [0.2, 0.25) is 17.0 Å². The summed E-state index contributed by atoms with van der Waals surface area (Å²) < 4.78 is 20.4. The number of aromatic amines is 1. The van der Waals surface area contributed by atoms with Gasteiger partial charge in [-0.15, -0.1) is 5.10 Å².